The second kappa shape index (κ2) is 10.7. The highest BCUT2D eigenvalue weighted by atomic mass is 16.4. The minimum Gasteiger partial charge on any atom is -0.478 e. The van der Waals surface area contributed by atoms with Gasteiger partial charge in [0.15, 0.2) is 0 Å². The van der Waals surface area contributed by atoms with Crippen LogP contribution in [0, 0.1) is 22.7 Å². The van der Waals surface area contributed by atoms with E-state index in [4.69, 9.17) is 15.6 Å². The second-order valence-corrected chi connectivity index (χ2v) is 5.26. The van der Waals surface area contributed by atoms with Crippen molar-refractivity contribution in [2.24, 2.45) is 0 Å². The van der Waals surface area contributed by atoms with Crippen LogP contribution in [0.1, 0.15) is 59.4 Å². The molecule has 126 valence electrons. The Bertz CT molecular complexity index is 624. The highest BCUT2D eigenvalue weighted by molar-refractivity contribution is 5.95. The number of aromatic nitrogens is 1. The van der Waals surface area contributed by atoms with Crippen LogP contribution >= 0.6 is 0 Å². The van der Waals surface area contributed by atoms with E-state index in [1.807, 2.05) is 0 Å². The van der Waals surface area contributed by atoms with Crippen LogP contribution < -0.4 is 0 Å². The van der Waals surface area contributed by atoms with Gasteiger partial charge in [0, 0.05) is 32.1 Å². The van der Waals surface area contributed by atoms with Crippen LogP contribution in [0.3, 0.4) is 0 Å². The predicted octanol–water partition coefficient (Wildman–Crippen LogP) is 2.61. The molecule has 7 nitrogen and oxygen atoms in total. The number of carbonyl (C=O) groups excluding carboxylic acids is 1. The van der Waals surface area contributed by atoms with Crippen LogP contribution in [0.15, 0.2) is 18.3 Å². The molecule has 1 aromatic heterocycles. The molecule has 0 bridgehead atoms. The Morgan fingerprint density at radius 2 is 1.67 bits per heavy atom. The van der Waals surface area contributed by atoms with Crippen molar-refractivity contribution in [3.05, 3.63) is 29.6 Å². The molecule has 1 heterocycles. The molecule has 24 heavy (non-hydrogen) atoms. The Morgan fingerprint density at radius 1 is 1.08 bits per heavy atom. The van der Waals surface area contributed by atoms with E-state index in [1.54, 1.807) is 4.90 Å². The van der Waals surface area contributed by atoms with Gasteiger partial charge in [-0.2, -0.15) is 10.5 Å². The van der Waals surface area contributed by atoms with E-state index in [-0.39, 0.29) is 17.2 Å². The third-order valence-electron chi connectivity index (χ3n) is 3.45. The summed E-state index contributed by atoms with van der Waals surface area (Å²) in [5.74, 6) is -1.44. The number of hydrogen-bond donors (Lipinski definition) is 1. The van der Waals surface area contributed by atoms with Gasteiger partial charge >= 0.3 is 5.97 Å². The lowest BCUT2D eigenvalue weighted by atomic mass is 10.1. The largest absolute Gasteiger partial charge is 0.478 e. The van der Waals surface area contributed by atoms with Crippen LogP contribution in [0.25, 0.3) is 0 Å². The number of amides is 1. The molecule has 0 aliphatic carbocycles. The number of aromatic carboxylic acids is 1. The van der Waals surface area contributed by atoms with Crippen LogP contribution in [0.2, 0.25) is 0 Å². The summed E-state index contributed by atoms with van der Waals surface area (Å²) in [7, 11) is 0. The topological polar surface area (TPSA) is 118 Å². The first-order valence-electron chi connectivity index (χ1n) is 7.82. The number of carboxylic acid groups (broad SMARTS) is 1. The molecule has 1 N–H and O–H groups in total. The van der Waals surface area contributed by atoms with E-state index in [2.05, 4.69) is 17.1 Å². The SMILES string of the molecule is N#CCCCCN(CCCCC#N)C(=O)c1cc(C(=O)O)ccn1. The van der Waals surface area contributed by atoms with Gasteiger partial charge in [0.05, 0.1) is 17.7 Å². The monoisotopic (exact) mass is 328 g/mol. The van der Waals surface area contributed by atoms with Crippen molar-refractivity contribution < 1.29 is 14.7 Å². The maximum atomic E-state index is 12.6. The fourth-order valence-electron chi connectivity index (χ4n) is 2.17. The summed E-state index contributed by atoms with van der Waals surface area (Å²) in [6.45, 7) is 0.956. The lowest BCUT2D eigenvalue weighted by Crippen LogP contribution is -2.33. The van der Waals surface area contributed by atoms with E-state index < -0.39 is 5.97 Å². The molecule has 0 saturated heterocycles. The molecule has 0 radical (unpaired) electrons. The average molecular weight is 328 g/mol. The molecule has 1 rings (SSSR count). The van der Waals surface area contributed by atoms with Crippen LogP contribution in [0.5, 0.6) is 0 Å². The van der Waals surface area contributed by atoms with Gasteiger partial charge in [-0.3, -0.25) is 9.78 Å². The van der Waals surface area contributed by atoms with Gasteiger partial charge < -0.3 is 10.0 Å². The minimum absolute atomic E-state index is 0.0160. The fourth-order valence-corrected chi connectivity index (χ4v) is 2.17. The van der Waals surface area contributed by atoms with Gasteiger partial charge in [0.2, 0.25) is 0 Å². The summed E-state index contributed by atoms with van der Waals surface area (Å²) in [5.41, 5.74) is 0.109. The maximum Gasteiger partial charge on any atom is 0.335 e. The summed E-state index contributed by atoms with van der Waals surface area (Å²) in [4.78, 5) is 29.2. The Morgan fingerprint density at radius 3 is 2.17 bits per heavy atom. The predicted molar refractivity (Wildman–Crippen MR) is 86.0 cm³/mol. The Balaban J connectivity index is 2.77. The first-order chi connectivity index (χ1) is 11.6. The van der Waals surface area contributed by atoms with E-state index in [9.17, 15) is 9.59 Å². The first kappa shape index (κ1) is 19.1. The number of unbranched alkanes of at least 4 members (excludes halogenated alkanes) is 4. The highest BCUT2D eigenvalue weighted by Crippen LogP contribution is 2.09. The van der Waals surface area contributed by atoms with E-state index in [0.29, 0.717) is 51.6 Å². The molecule has 0 atom stereocenters. The van der Waals surface area contributed by atoms with Crippen molar-refractivity contribution in [3.63, 3.8) is 0 Å². The van der Waals surface area contributed by atoms with Crippen LogP contribution in [0.4, 0.5) is 0 Å². The Labute approximate surface area is 141 Å². The second-order valence-electron chi connectivity index (χ2n) is 5.26. The van der Waals surface area contributed by atoms with Gasteiger partial charge in [-0.25, -0.2) is 4.79 Å². The summed E-state index contributed by atoms with van der Waals surface area (Å²) in [6.07, 6.45) is 4.95. The number of carbonyl (C=O) groups is 2. The van der Waals surface area contributed by atoms with Gasteiger partial charge in [0.1, 0.15) is 5.69 Å². The fraction of sp³-hybridized carbons (Fsp3) is 0.471. The molecular weight excluding hydrogens is 308 g/mol. The summed E-state index contributed by atoms with van der Waals surface area (Å²) in [6, 6.07) is 6.73. The molecule has 1 amide bonds. The average Bonchev–Trinajstić information content (AvgIpc) is 2.60. The molecule has 1 aromatic rings. The zero-order valence-corrected chi connectivity index (χ0v) is 13.4. The van der Waals surface area contributed by atoms with Crippen molar-refractivity contribution in [1.29, 1.82) is 10.5 Å². The molecule has 0 aliphatic rings. The molecule has 0 aromatic carbocycles. The quantitative estimate of drug-likeness (QED) is 0.659. The summed E-state index contributed by atoms with van der Waals surface area (Å²) in [5, 5.41) is 26.2. The van der Waals surface area contributed by atoms with Gasteiger partial charge in [-0.15, -0.1) is 0 Å². The highest BCUT2D eigenvalue weighted by Gasteiger charge is 2.18. The third-order valence-corrected chi connectivity index (χ3v) is 3.45. The number of carboxylic acids is 1. The van der Waals surface area contributed by atoms with Crippen molar-refractivity contribution in [2.45, 2.75) is 38.5 Å². The van der Waals surface area contributed by atoms with E-state index >= 15 is 0 Å². The Hall–Kier alpha value is -2.93. The number of nitrogens with zero attached hydrogens (tertiary/aromatic N) is 4. The number of nitriles is 2. The standard InChI is InChI=1S/C17H20N4O3/c18-8-3-1-5-11-21(12-6-2-4-9-19)16(22)15-13-14(17(23)24)7-10-20-15/h7,10,13H,1-6,11-12H2,(H,23,24). The summed E-state index contributed by atoms with van der Waals surface area (Å²) >= 11 is 0. The van der Waals surface area contributed by atoms with Crippen molar-refractivity contribution >= 4 is 11.9 Å². The molecule has 0 fully saturated rings. The van der Waals surface area contributed by atoms with Gasteiger partial charge in [-0.05, 0) is 37.8 Å². The molecule has 7 heteroatoms. The van der Waals surface area contributed by atoms with E-state index in [0.717, 1.165) is 0 Å². The smallest absolute Gasteiger partial charge is 0.335 e. The molecule has 0 spiro atoms. The summed E-state index contributed by atoms with van der Waals surface area (Å²) < 4.78 is 0. The number of hydrogen-bond acceptors (Lipinski definition) is 5. The van der Waals surface area contributed by atoms with Gasteiger partial charge in [-0.1, -0.05) is 0 Å². The zero-order chi connectivity index (χ0) is 17.8. The molecule has 0 aliphatic heterocycles. The van der Waals surface area contributed by atoms with Crippen molar-refractivity contribution in [3.8, 4) is 12.1 Å². The lowest BCUT2D eigenvalue weighted by Gasteiger charge is -2.22. The molecular formula is C17H20N4O3. The Kier molecular flexibility index (Phi) is 8.55. The van der Waals surface area contributed by atoms with Crippen molar-refractivity contribution in [2.75, 3.05) is 13.1 Å². The van der Waals surface area contributed by atoms with Crippen LogP contribution in [-0.2, 0) is 0 Å². The van der Waals surface area contributed by atoms with Crippen molar-refractivity contribution in [1.82, 2.24) is 9.88 Å². The zero-order valence-electron chi connectivity index (χ0n) is 13.4. The third kappa shape index (κ3) is 6.45. The van der Waals surface area contributed by atoms with Crippen LogP contribution in [-0.4, -0.2) is 40.0 Å². The maximum absolute atomic E-state index is 12.6. The van der Waals surface area contributed by atoms with Gasteiger partial charge in [0.25, 0.3) is 5.91 Å². The number of rotatable bonds is 10. The first-order valence-corrected chi connectivity index (χ1v) is 7.82. The lowest BCUT2D eigenvalue weighted by molar-refractivity contribution is 0.0696. The minimum atomic E-state index is -1.11. The van der Waals surface area contributed by atoms with E-state index in [1.165, 1.54) is 18.3 Å². The normalized spacial score (nSPS) is 9.75. The molecule has 0 unspecified atom stereocenters. The number of pyridine rings is 1. The molecule has 0 saturated carbocycles.